The average Bonchev–Trinajstić information content (AvgIpc) is 2.66. The lowest BCUT2D eigenvalue weighted by Crippen LogP contribution is -2.25. The van der Waals surface area contributed by atoms with Gasteiger partial charge in [0.05, 0.1) is 11.7 Å². The van der Waals surface area contributed by atoms with Gasteiger partial charge in [-0.15, -0.1) is 0 Å². The minimum atomic E-state index is -0.809. The summed E-state index contributed by atoms with van der Waals surface area (Å²) in [4.78, 5) is 19.4. The van der Waals surface area contributed by atoms with Gasteiger partial charge >= 0.3 is 0 Å². The largest absolute Gasteiger partial charge is 0.387 e. The molecule has 1 heterocycles. The van der Waals surface area contributed by atoms with Gasteiger partial charge < -0.3 is 20.8 Å². The van der Waals surface area contributed by atoms with Gasteiger partial charge in [-0.05, 0) is 18.1 Å². The number of nitrogens with zero attached hydrogens (tertiary/aromatic N) is 1. The molecule has 6 heteroatoms. The van der Waals surface area contributed by atoms with Crippen molar-refractivity contribution in [1.29, 1.82) is 5.41 Å². The first kappa shape index (κ1) is 20.1. The average molecular weight is 364 g/mol. The molecule has 0 saturated heterocycles. The Morgan fingerprint density at radius 2 is 2.15 bits per heavy atom. The molecule has 6 nitrogen and oxygen atoms in total. The molecule has 0 spiro atoms. The molecule has 0 aliphatic rings. The van der Waals surface area contributed by atoms with Crippen LogP contribution in [0.15, 0.2) is 71.6 Å². The highest BCUT2D eigenvalue weighted by atomic mass is 16.3. The van der Waals surface area contributed by atoms with Crippen LogP contribution in [0.25, 0.3) is 0 Å². The molecule has 2 rings (SSSR count). The van der Waals surface area contributed by atoms with Crippen LogP contribution in [0.5, 0.6) is 0 Å². The van der Waals surface area contributed by atoms with Crippen molar-refractivity contribution in [1.82, 2.24) is 9.97 Å². The Morgan fingerprint density at radius 3 is 2.78 bits per heavy atom. The highest BCUT2D eigenvalue weighted by Crippen LogP contribution is 2.12. The first-order chi connectivity index (χ1) is 13.1. The van der Waals surface area contributed by atoms with E-state index in [9.17, 15) is 9.90 Å². The summed E-state index contributed by atoms with van der Waals surface area (Å²) in [7, 11) is 0. The van der Waals surface area contributed by atoms with Crippen molar-refractivity contribution >= 4 is 12.0 Å². The molecule has 1 unspecified atom stereocenters. The van der Waals surface area contributed by atoms with E-state index in [-0.39, 0.29) is 17.9 Å². The van der Waals surface area contributed by atoms with Crippen molar-refractivity contribution in [2.24, 2.45) is 0 Å². The molecule has 0 aliphatic carbocycles. The van der Waals surface area contributed by atoms with Crippen LogP contribution < -0.4 is 10.9 Å². The number of allylic oxidation sites excluding steroid dienone is 3. The second-order valence-electron chi connectivity index (χ2n) is 5.88. The summed E-state index contributed by atoms with van der Waals surface area (Å²) in [6.45, 7) is 5.65. The number of hydrogen-bond donors (Lipinski definition) is 4. The van der Waals surface area contributed by atoms with Crippen LogP contribution in [0.2, 0.25) is 0 Å². The minimum absolute atomic E-state index is 0.124. The number of benzene rings is 1. The van der Waals surface area contributed by atoms with Crippen molar-refractivity contribution in [2.75, 3.05) is 11.9 Å². The second-order valence-corrected chi connectivity index (χ2v) is 5.88. The molecule has 0 amide bonds. The topological polar surface area (TPSA) is 102 Å². The number of aliphatic hydroxyl groups excluding tert-OH is 1. The SMILES string of the molecule is C=C/C=C(\C=C/C)C(O)CNc1nc(Cc2ccccc2)[nH]c(=O)c1C=N. The Bertz CT molecular complexity index is 898. The second kappa shape index (κ2) is 10.0. The van der Waals surface area contributed by atoms with Crippen molar-refractivity contribution < 1.29 is 5.11 Å². The van der Waals surface area contributed by atoms with Crippen molar-refractivity contribution in [3.05, 3.63) is 94.1 Å². The third-order valence-corrected chi connectivity index (χ3v) is 3.88. The summed E-state index contributed by atoms with van der Waals surface area (Å²) in [6.07, 6.45) is 7.55. The number of anilines is 1. The van der Waals surface area contributed by atoms with Crippen LogP contribution >= 0.6 is 0 Å². The Labute approximate surface area is 158 Å². The number of H-pyrrole nitrogens is 1. The quantitative estimate of drug-likeness (QED) is 0.406. The Balaban J connectivity index is 2.24. The van der Waals surface area contributed by atoms with E-state index in [1.807, 2.05) is 43.3 Å². The Kier molecular flexibility index (Phi) is 7.46. The lowest BCUT2D eigenvalue weighted by molar-refractivity contribution is 0.227. The maximum Gasteiger partial charge on any atom is 0.261 e. The summed E-state index contributed by atoms with van der Waals surface area (Å²) in [5.74, 6) is 0.765. The lowest BCUT2D eigenvalue weighted by Gasteiger charge is -2.15. The number of hydrogen-bond acceptors (Lipinski definition) is 5. The predicted octanol–water partition coefficient (Wildman–Crippen LogP) is 2.82. The zero-order valence-corrected chi connectivity index (χ0v) is 15.3. The fourth-order valence-corrected chi connectivity index (χ4v) is 2.59. The van der Waals surface area contributed by atoms with Gasteiger partial charge in [-0.25, -0.2) is 4.98 Å². The molecule has 1 aromatic heterocycles. The van der Waals surface area contributed by atoms with Crippen molar-refractivity contribution in [2.45, 2.75) is 19.4 Å². The van der Waals surface area contributed by atoms with Crippen LogP contribution in [0.1, 0.15) is 23.9 Å². The molecule has 0 bridgehead atoms. The fraction of sp³-hybridized carbons (Fsp3) is 0.190. The van der Waals surface area contributed by atoms with Crippen LogP contribution in [0.4, 0.5) is 5.82 Å². The third kappa shape index (κ3) is 5.62. The van der Waals surface area contributed by atoms with E-state index in [1.165, 1.54) is 0 Å². The summed E-state index contributed by atoms with van der Waals surface area (Å²) in [5.41, 5.74) is 1.43. The molecule has 1 atom stereocenters. The molecule has 140 valence electrons. The highest BCUT2D eigenvalue weighted by molar-refractivity contribution is 5.83. The van der Waals surface area contributed by atoms with E-state index >= 15 is 0 Å². The van der Waals surface area contributed by atoms with Gasteiger partial charge in [-0.3, -0.25) is 4.79 Å². The first-order valence-electron chi connectivity index (χ1n) is 8.63. The fourth-order valence-electron chi connectivity index (χ4n) is 2.59. The molecule has 0 aliphatic heterocycles. The zero-order chi connectivity index (χ0) is 19.6. The summed E-state index contributed by atoms with van der Waals surface area (Å²) < 4.78 is 0. The molecule has 27 heavy (non-hydrogen) atoms. The minimum Gasteiger partial charge on any atom is -0.387 e. The number of rotatable bonds is 9. The van der Waals surface area contributed by atoms with Gasteiger partial charge in [0.1, 0.15) is 11.6 Å². The van der Waals surface area contributed by atoms with Crippen LogP contribution in [-0.4, -0.2) is 33.9 Å². The summed E-state index contributed by atoms with van der Waals surface area (Å²) in [5, 5.41) is 20.9. The van der Waals surface area contributed by atoms with E-state index in [1.54, 1.807) is 18.2 Å². The summed E-state index contributed by atoms with van der Waals surface area (Å²) >= 11 is 0. The molecule has 4 N–H and O–H groups in total. The van der Waals surface area contributed by atoms with Crippen molar-refractivity contribution in [3.63, 3.8) is 0 Å². The smallest absolute Gasteiger partial charge is 0.261 e. The van der Waals surface area contributed by atoms with Gasteiger partial charge in [-0.1, -0.05) is 61.2 Å². The van der Waals surface area contributed by atoms with E-state index in [0.717, 1.165) is 11.8 Å². The molecule has 0 saturated carbocycles. The van der Waals surface area contributed by atoms with Crippen molar-refractivity contribution in [3.8, 4) is 0 Å². The Morgan fingerprint density at radius 1 is 1.41 bits per heavy atom. The number of aromatic nitrogens is 2. The number of nitrogens with one attached hydrogen (secondary N) is 3. The zero-order valence-electron chi connectivity index (χ0n) is 15.3. The predicted molar refractivity (Wildman–Crippen MR) is 110 cm³/mol. The van der Waals surface area contributed by atoms with Crippen LogP contribution in [0.3, 0.4) is 0 Å². The molecular formula is C21H24N4O2. The van der Waals surface area contributed by atoms with Gasteiger partial charge in [0.25, 0.3) is 5.56 Å². The third-order valence-electron chi connectivity index (χ3n) is 3.88. The first-order valence-corrected chi connectivity index (χ1v) is 8.63. The van der Waals surface area contributed by atoms with E-state index < -0.39 is 11.7 Å². The van der Waals surface area contributed by atoms with Gasteiger partial charge in [0, 0.05) is 19.2 Å². The molecule has 1 aromatic carbocycles. The van der Waals surface area contributed by atoms with Gasteiger partial charge in [-0.2, -0.15) is 0 Å². The summed E-state index contributed by atoms with van der Waals surface area (Å²) in [6, 6.07) is 9.66. The maximum atomic E-state index is 12.3. The number of aromatic amines is 1. The lowest BCUT2D eigenvalue weighted by atomic mass is 10.1. The molecular weight excluding hydrogens is 340 g/mol. The van der Waals surface area contributed by atoms with Gasteiger partial charge in [0.15, 0.2) is 0 Å². The molecule has 0 fully saturated rings. The van der Waals surface area contributed by atoms with E-state index in [4.69, 9.17) is 5.41 Å². The van der Waals surface area contributed by atoms with Crippen LogP contribution in [-0.2, 0) is 6.42 Å². The maximum absolute atomic E-state index is 12.3. The number of aliphatic hydroxyl groups is 1. The molecule has 0 radical (unpaired) electrons. The van der Waals surface area contributed by atoms with Gasteiger partial charge in [0.2, 0.25) is 0 Å². The standard InChI is InChI=1S/C21H24N4O2/c1-3-8-16(9-4-2)18(26)14-23-20-17(13-22)21(27)25-19(24-20)12-15-10-6-5-7-11-15/h3-11,13,18,22,26H,1,12,14H2,2H3,(H2,23,24,25,27)/b9-4-,16-8+,22-13?. The van der Waals surface area contributed by atoms with E-state index in [0.29, 0.717) is 17.8 Å². The monoisotopic (exact) mass is 364 g/mol. The Hall–Kier alpha value is -3.25. The van der Waals surface area contributed by atoms with Crippen LogP contribution in [0, 0.1) is 5.41 Å². The highest BCUT2D eigenvalue weighted by Gasteiger charge is 2.13. The molecule has 2 aromatic rings. The van der Waals surface area contributed by atoms with E-state index in [2.05, 4.69) is 21.9 Å². The normalized spacial score (nSPS) is 12.7.